The van der Waals surface area contributed by atoms with Crippen molar-refractivity contribution in [3.63, 3.8) is 0 Å². The van der Waals surface area contributed by atoms with Crippen LogP contribution >= 0.6 is 23.4 Å². The van der Waals surface area contributed by atoms with Crippen LogP contribution in [-0.2, 0) is 16.7 Å². The molecule has 192 valence electrons. The van der Waals surface area contributed by atoms with E-state index in [0.29, 0.717) is 19.4 Å². The van der Waals surface area contributed by atoms with E-state index in [4.69, 9.17) is 16.3 Å². The molecular formula is C26H29ClN2O4S2Se. The molecule has 2 aromatic carbocycles. The molecule has 0 bridgehead atoms. The molecule has 10 heteroatoms. The number of aryl methyl sites for hydroxylation is 1. The van der Waals surface area contributed by atoms with Crippen LogP contribution in [0, 0.1) is 0 Å². The van der Waals surface area contributed by atoms with Crippen molar-refractivity contribution in [2.75, 3.05) is 24.3 Å². The Morgan fingerprint density at radius 2 is 2.03 bits per heavy atom. The molecule has 0 aliphatic carbocycles. The summed E-state index contributed by atoms with van der Waals surface area (Å²) in [7, 11) is -2.55. The number of unbranched alkanes of at least 4 members (excludes halogenated alkanes) is 1. The molecule has 0 saturated heterocycles. The van der Waals surface area contributed by atoms with E-state index >= 15 is 0 Å². The molecule has 3 aromatic rings. The van der Waals surface area contributed by atoms with Crippen LogP contribution in [0.5, 0.6) is 5.75 Å². The van der Waals surface area contributed by atoms with E-state index < -0.39 is 10.1 Å². The fourth-order valence-electron chi connectivity index (χ4n) is 4.17. The fraction of sp³-hybridized carbons (Fsp3) is 0.346. The third-order valence-corrected chi connectivity index (χ3v) is 10.5. The van der Waals surface area contributed by atoms with Crippen molar-refractivity contribution >= 4 is 69.5 Å². The monoisotopic (exact) mass is 612 g/mol. The Morgan fingerprint density at radius 1 is 1.22 bits per heavy atom. The molecule has 0 N–H and O–H groups in total. The quantitative estimate of drug-likeness (QED) is 0.132. The Labute approximate surface area is 228 Å². The zero-order valence-electron chi connectivity index (χ0n) is 20.5. The Bertz CT molecular complexity index is 1430. The molecule has 1 aliphatic rings. The number of ether oxygens (including phenoxy) is 1. The molecule has 6 nitrogen and oxygen atoms in total. The first-order valence-electron chi connectivity index (χ1n) is 11.8. The summed E-state index contributed by atoms with van der Waals surface area (Å²) in [5, 5.41) is 1.92. The second kappa shape index (κ2) is 11.8. The number of halogens is 1. The number of fused-ring (bicyclic) bond motifs is 2. The van der Waals surface area contributed by atoms with Gasteiger partial charge in [-0.1, -0.05) is 0 Å². The minimum atomic E-state index is -4.20. The molecular weight excluding hydrogens is 583 g/mol. The van der Waals surface area contributed by atoms with E-state index in [0.717, 1.165) is 34.9 Å². The molecule has 0 fully saturated rings. The summed E-state index contributed by atoms with van der Waals surface area (Å²) in [5.41, 5.74) is 3.46. The van der Waals surface area contributed by atoms with Crippen LogP contribution in [0.4, 0.5) is 5.69 Å². The summed E-state index contributed by atoms with van der Waals surface area (Å²) in [6.45, 7) is 5.80. The van der Waals surface area contributed by atoms with Gasteiger partial charge in [0.05, 0.1) is 0 Å². The van der Waals surface area contributed by atoms with Gasteiger partial charge in [-0.15, -0.1) is 0 Å². The van der Waals surface area contributed by atoms with Gasteiger partial charge in [-0.3, -0.25) is 0 Å². The van der Waals surface area contributed by atoms with Gasteiger partial charge in [0.2, 0.25) is 0 Å². The SMILES string of the molecule is CCC(/C=C1\Sc2ccc(Cl)cc2N1CC)=C\c1[se]c2ccc(OC)cc2[n+]1CCCCS(=O)(=O)[O-]. The van der Waals surface area contributed by atoms with Crippen molar-refractivity contribution in [1.82, 2.24) is 0 Å². The number of aromatic nitrogens is 1. The molecule has 0 radical (unpaired) electrons. The number of rotatable bonds is 10. The summed E-state index contributed by atoms with van der Waals surface area (Å²) in [6.07, 6.45) is 6.37. The number of allylic oxidation sites excluding steroid dienone is 2. The number of anilines is 1. The summed E-state index contributed by atoms with van der Waals surface area (Å²) in [4.78, 5) is 3.50. The first kappa shape index (κ1) is 27.3. The Kier molecular flexibility index (Phi) is 8.91. The molecule has 0 spiro atoms. The molecule has 0 unspecified atom stereocenters. The number of hydrogen-bond donors (Lipinski definition) is 0. The molecule has 36 heavy (non-hydrogen) atoms. The Balaban J connectivity index is 1.69. The third-order valence-electron chi connectivity index (χ3n) is 6.00. The Morgan fingerprint density at radius 3 is 2.72 bits per heavy atom. The fourth-order valence-corrected chi connectivity index (χ4v) is 8.48. The van der Waals surface area contributed by atoms with Crippen molar-refractivity contribution in [1.29, 1.82) is 0 Å². The van der Waals surface area contributed by atoms with Gasteiger partial charge in [-0.2, -0.15) is 0 Å². The van der Waals surface area contributed by atoms with Crippen LogP contribution < -0.4 is 14.2 Å². The number of nitrogens with zero attached hydrogens (tertiary/aromatic N) is 2. The van der Waals surface area contributed by atoms with Gasteiger partial charge in [-0.25, -0.2) is 0 Å². The molecule has 0 amide bonds. The average molecular weight is 612 g/mol. The topological polar surface area (TPSA) is 73.5 Å². The van der Waals surface area contributed by atoms with Crippen LogP contribution in [0.2, 0.25) is 5.02 Å². The first-order valence-corrected chi connectivity index (χ1v) is 16.3. The van der Waals surface area contributed by atoms with Crippen LogP contribution in [-0.4, -0.2) is 46.9 Å². The van der Waals surface area contributed by atoms with Crippen molar-refractivity contribution in [3.05, 3.63) is 62.7 Å². The van der Waals surface area contributed by atoms with E-state index in [2.05, 4.69) is 47.6 Å². The minimum absolute atomic E-state index is 0.106. The Hall–Kier alpha value is -1.74. The molecule has 4 rings (SSSR count). The van der Waals surface area contributed by atoms with Gasteiger partial charge >= 0.3 is 229 Å². The van der Waals surface area contributed by atoms with Crippen LogP contribution in [0.3, 0.4) is 0 Å². The molecule has 0 saturated carbocycles. The zero-order valence-corrected chi connectivity index (χ0v) is 24.6. The van der Waals surface area contributed by atoms with Crippen molar-refractivity contribution < 1.29 is 22.3 Å². The second-order valence-electron chi connectivity index (χ2n) is 8.41. The zero-order chi connectivity index (χ0) is 25.9. The normalized spacial score (nSPS) is 15.2. The molecule has 1 aliphatic heterocycles. The number of hydrogen-bond acceptors (Lipinski definition) is 6. The summed E-state index contributed by atoms with van der Waals surface area (Å²) in [6, 6.07) is 12.2. The van der Waals surface area contributed by atoms with E-state index in [1.165, 1.54) is 24.3 Å². The molecule has 2 heterocycles. The third kappa shape index (κ3) is 6.39. The number of methoxy groups -OCH3 is 1. The molecule has 0 atom stereocenters. The first-order chi connectivity index (χ1) is 17.2. The number of benzene rings is 2. The van der Waals surface area contributed by atoms with E-state index in [-0.39, 0.29) is 20.3 Å². The van der Waals surface area contributed by atoms with Crippen LogP contribution in [0.25, 0.3) is 15.9 Å². The predicted molar refractivity (Wildman–Crippen MR) is 148 cm³/mol. The maximum absolute atomic E-state index is 11.1. The van der Waals surface area contributed by atoms with E-state index in [1.807, 2.05) is 24.3 Å². The predicted octanol–water partition coefficient (Wildman–Crippen LogP) is 5.44. The maximum atomic E-state index is 11.1. The van der Waals surface area contributed by atoms with Crippen molar-refractivity contribution in [2.45, 2.75) is 44.6 Å². The second-order valence-corrected chi connectivity index (χ2v) is 13.7. The number of thioether (sulfide) groups is 1. The van der Waals surface area contributed by atoms with Gasteiger partial charge in [-0.05, 0) is 0 Å². The van der Waals surface area contributed by atoms with Gasteiger partial charge < -0.3 is 0 Å². The van der Waals surface area contributed by atoms with Crippen LogP contribution in [0.15, 0.2) is 58.0 Å². The van der Waals surface area contributed by atoms with E-state index in [1.54, 1.807) is 18.9 Å². The van der Waals surface area contributed by atoms with E-state index in [9.17, 15) is 13.0 Å². The van der Waals surface area contributed by atoms with Gasteiger partial charge in [0.25, 0.3) is 0 Å². The summed E-state index contributed by atoms with van der Waals surface area (Å²) < 4.78 is 43.4. The average Bonchev–Trinajstić information content (AvgIpc) is 3.36. The summed E-state index contributed by atoms with van der Waals surface area (Å²) in [5.74, 6) is 0.459. The van der Waals surface area contributed by atoms with Gasteiger partial charge in [0.1, 0.15) is 0 Å². The summed E-state index contributed by atoms with van der Waals surface area (Å²) >= 11 is 8.13. The standard InChI is InChI=1S/C26H29ClN2O4S2Se/c1-4-18(14-25-28(5-2)21-16-19(27)8-10-23(21)34-25)15-26-29(12-6-7-13-35(30,31)32)22-17-20(33-3)9-11-24(22)36-26/h8-11,14-17H,4-7,12-13H2,1-3H3. The van der Waals surface area contributed by atoms with Crippen LogP contribution in [0.1, 0.15) is 37.7 Å². The van der Waals surface area contributed by atoms with Gasteiger partial charge in [0.15, 0.2) is 0 Å². The molecule has 1 aromatic heterocycles. The van der Waals surface area contributed by atoms with Crippen molar-refractivity contribution in [2.24, 2.45) is 0 Å². The van der Waals surface area contributed by atoms with Gasteiger partial charge in [0, 0.05) is 0 Å². The van der Waals surface area contributed by atoms with Crippen molar-refractivity contribution in [3.8, 4) is 5.75 Å².